The van der Waals surface area contributed by atoms with Crippen LogP contribution in [0.25, 0.3) is 0 Å². The molecule has 0 saturated carbocycles. The van der Waals surface area contributed by atoms with Crippen molar-refractivity contribution in [1.29, 1.82) is 0 Å². The van der Waals surface area contributed by atoms with Crippen LogP contribution in [0.1, 0.15) is 0 Å². The maximum Gasteiger partial charge on any atom is 0.130 e. The average molecular weight is 123 g/mol. The summed E-state index contributed by atoms with van der Waals surface area (Å²) in [5.74, 6) is 0. The molecule has 0 bridgehead atoms. The normalized spacial score (nSPS) is 5.11. The second-order valence-electron chi connectivity index (χ2n) is 2.31. The first-order valence-electron chi connectivity index (χ1n) is 3.46. The van der Waals surface area contributed by atoms with E-state index in [2.05, 4.69) is 28.3 Å². The molecule has 0 spiro atoms. The van der Waals surface area contributed by atoms with E-state index in [0.717, 1.165) is 6.71 Å². The number of hydrogen-bond donors (Lipinski definition) is 0. The summed E-state index contributed by atoms with van der Waals surface area (Å²) in [6.07, 6.45) is 0. The van der Waals surface area contributed by atoms with Crippen LogP contribution >= 0.6 is 0 Å². The Kier molecular flexibility index (Phi) is 43.1. The molecule has 51 valence electrons. The maximum absolute atomic E-state index is 4.50. The molecule has 0 N–H and O–H groups in total. The zero-order valence-electron chi connectivity index (χ0n) is 7.73. The Labute approximate surface area is 63.5 Å². The fourth-order valence-electron chi connectivity index (χ4n) is 0. The summed E-state index contributed by atoms with van der Waals surface area (Å²) >= 11 is 0. The Morgan fingerprint density at radius 1 is 1.00 bits per heavy atom. The molecule has 0 aliphatic heterocycles. The van der Waals surface area contributed by atoms with Crippen molar-refractivity contribution in [3.8, 4) is 0 Å². The van der Waals surface area contributed by atoms with E-state index >= 15 is 0 Å². The van der Waals surface area contributed by atoms with Gasteiger partial charge in [-0.15, -0.1) is 0 Å². The third-order valence-corrected chi connectivity index (χ3v) is 0. The summed E-state index contributed by atoms with van der Waals surface area (Å²) in [5.41, 5.74) is 0. The molecule has 9 heavy (non-hydrogen) atoms. The highest BCUT2D eigenvalue weighted by atomic mass is 13.2. The second kappa shape index (κ2) is 24.1. The molecule has 0 unspecified atom stereocenters. The largest absolute Gasteiger partial charge is 0.130 e. The van der Waals surface area contributed by atoms with Gasteiger partial charge in [-0.2, -0.15) is 0 Å². The predicted molar refractivity (Wildman–Crippen MR) is 52.4 cm³/mol. The lowest BCUT2D eigenvalue weighted by Crippen LogP contribution is -1.84. The predicted octanol–water partition coefficient (Wildman–Crippen LogP) is 2.36. The minimum absolute atomic E-state index is 0.833. The van der Waals surface area contributed by atoms with Crippen molar-refractivity contribution >= 4 is 21.8 Å². The van der Waals surface area contributed by atoms with E-state index in [4.69, 9.17) is 0 Å². The van der Waals surface area contributed by atoms with Crippen molar-refractivity contribution in [3.05, 3.63) is 0 Å². The lowest BCUT2D eigenvalue weighted by atomic mass is 9.58. The first kappa shape index (κ1) is 16.1. The summed E-state index contributed by atoms with van der Waals surface area (Å²) < 4.78 is 0. The summed E-state index contributed by atoms with van der Waals surface area (Å²) in [6.45, 7) is 12.8. The zero-order chi connectivity index (χ0) is 8.28. The summed E-state index contributed by atoms with van der Waals surface area (Å²) in [7, 11) is 6.50. The van der Waals surface area contributed by atoms with Crippen LogP contribution in [0, 0.1) is 0 Å². The average Bonchev–Trinajstić information content (AvgIpc) is 1.71. The van der Waals surface area contributed by atoms with Crippen LogP contribution in [-0.4, -0.2) is 21.8 Å². The molecule has 0 amide bonds. The van der Waals surface area contributed by atoms with Crippen LogP contribution in [0.4, 0.5) is 0 Å². The van der Waals surface area contributed by atoms with Gasteiger partial charge >= 0.3 is 0 Å². The van der Waals surface area contributed by atoms with Crippen molar-refractivity contribution in [2.75, 3.05) is 0 Å². The molecule has 0 fully saturated rings. The Balaban J connectivity index is -0.0000000646. The molecular formula is C6H18B3. The van der Waals surface area contributed by atoms with Gasteiger partial charge in [-0.3, -0.25) is 0 Å². The smallest absolute Gasteiger partial charge is 0.0999 e. The van der Waals surface area contributed by atoms with Gasteiger partial charge in [0.2, 0.25) is 0 Å². The Morgan fingerprint density at radius 3 is 1.00 bits per heavy atom. The summed E-state index contributed by atoms with van der Waals surface area (Å²) in [5, 5.41) is 0. The van der Waals surface area contributed by atoms with Crippen molar-refractivity contribution in [3.63, 3.8) is 0 Å². The molecule has 0 saturated heterocycles. The fourth-order valence-corrected chi connectivity index (χ4v) is 0. The second-order valence-corrected chi connectivity index (χ2v) is 2.31. The first-order chi connectivity index (χ1) is 4.15. The standard InChI is InChI=1S/C3H9B.C2H6B.CH3B/c1-4(2)3;1-3-2;1-2/h1-3H3;1-2H3;1H3. The molecule has 0 atom stereocenters. The Bertz CT molecular complexity index is 19.5. The van der Waals surface area contributed by atoms with E-state index in [1.54, 1.807) is 0 Å². The van der Waals surface area contributed by atoms with Gasteiger partial charge in [-0.05, 0) is 0 Å². The van der Waals surface area contributed by atoms with Crippen LogP contribution in [0.15, 0.2) is 0 Å². The molecular weight excluding hydrogens is 105 g/mol. The van der Waals surface area contributed by atoms with Crippen molar-refractivity contribution < 1.29 is 0 Å². The van der Waals surface area contributed by atoms with E-state index in [1.807, 2.05) is 20.9 Å². The first-order valence-corrected chi connectivity index (χ1v) is 3.46. The van der Waals surface area contributed by atoms with E-state index < -0.39 is 0 Å². The van der Waals surface area contributed by atoms with Gasteiger partial charge in [-0.1, -0.05) is 40.9 Å². The molecule has 0 aliphatic rings. The highest BCUT2D eigenvalue weighted by molar-refractivity contribution is 6.54. The number of hydrogen-bond acceptors (Lipinski definition) is 0. The van der Waals surface area contributed by atoms with Crippen LogP contribution in [0.2, 0.25) is 40.9 Å². The van der Waals surface area contributed by atoms with Gasteiger partial charge in [0.15, 0.2) is 0 Å². The van der Waals surface area contributed by atoms with E-state index in [-0.39, 0.29) is 0 Å². The highest BCUT2D eigenvalue weighted by Gasteiger charge is 1.76. The summed E-state index contributed by atoms with van der Waals surface area (Å²) in [6, 6.07) is 0. The molecule has 0 aliphatic carbocycles. The molecule has 0 aromatic rings. The van der Waals surface area contributed by atoms with Gasteiger partial charge in [0, 0.05) is 0 Å². The number of rotatable bonds is 0. The lowest BCUT2D eigenvalue weighted by molar-refractivity contribution is 1.91. The van der Waals surface area contributed by atoms with Gasteiger partial charge in [-0.25, -0.2) is 0 Å². The molecule has 0 heterocycles. The SMILES string of the molecule is CB(C)C.C[B]C.[B]C. The van der Waals surface area contributed by atoms with Crippen molar-refractivity contribution in [1.82, 2.24) is 0 Å². The molecule has 3 heteroatoms. The van der Waals surface area contributed by atoms with Crippen LogP contribution in [0.3, 0.4) is 0 Å². The van der Waals surface area contributed by atoms with Gasteiger partial charge in [0.05, 0.1) is 7.85 Å². The molecule has 0 aromatic carbocycles. The minimum atomic E-state index is 0.833. The van der Waals surface area contributed by atoms with Crippen LogP contribution in [0.5, 0.6) is 0 Å². The van der Waals surface area contributed by atoms with Gasteiger partial charge in [0.25, 0.3) is 0 Å². The quantitative estimate of drug-likeness (QED) is 0.433. The van der Waals surface area contributed by atoms with Gasteiger partial charge < -0.3 is 0 Å². The van der Waals surface area contributed by atoms with Crippen molar-refractivity contribution in [2.45, 2.75) is 40.9 Å². The minimum Gasteiger partial charge on any atom is -0.0999 e. The monoisotopic (exact) mass is 123 g/mol. The molecule has 0 nitrogen and oxygen atoms in total. The Morgan fingerprint density at radius 2 is 1.00 bits per heavy atom. The van der Waals surface area contributed by atoms with Crippen molar-refractivity contribution in [2.24, 2.45) is 0 Å². The van der Waals surface area contributed by atoms with E-state index in [1.165, 1.54) is 6.82 Å². The lowest BCUT2D eigenvalue weighted by Gasteiger charge is -1.71. The summed E-state index contributed by atoms with van der Waals surface area (Å²) in [4.78, 5) is 0. The molecule has 0 rings (SSSR count). The van der Waals surface area contributed by atoms with Crippen LogP contribution in [-0.2, 0) is 0 Å². The third-order valence-electron chi connectivity index (χ3n) is 0. The highest BCUT2D eigenvalue weighted by Crippen LogP contribution is 1.68. The topological polar surface area (TPSA) is 0 Å². The van der Waals surface area contributed by atoms with E-state index in [9.17, 15) is 0 Å². The fraction of sp³-hybridized carbons (Fsp3) is 1.00. The third kappa shape index (κ3) is 8290. The Hall–Kier alpha value is 0.195. The van der Waals surface area contributed by atoms with Crippen LogP contribution < -0.4 is 0 Å². The van der Waals surface area contributed by atoms with Gasteiger partial charge in [0.1, 0.15) is 14.0 Å². The zero-order valence-corrected chi connectivity index (χ0v) is 7.73. The molecule has 3 radical (unpaired) electrons. The molecule has 0 aromatic heterocycles. The van der Waals surface area contributed by atoms with E-state index in [0.29, 0.717) is 0 Å². The maximum atomic E-state index is 4.50.